The molecule has 0 amide bonds. The van der Waals surface area contributed by atoms with E-state index in [1.807, 2.05) is 0 Å². The summed E-state index contributed by atoms with van der Waals surface area (Å²) in [5.41, 5.74) is 8.14. The van der Waals surface area contributed by atoms with E-state index in [2.05, 4.69) is 4.99 Å². The fourth-order valence-corrected chi connectivity index (χ4v) is 2.15. The number of carbonyl (C=O) groups excluding carboxylic acids is 1. The zero-order valence-electron chi connectivity index (χ0n) is 10.6. The molecule has 4 nitrogen and oxygen atoms in total. The highest BCUT2D eigenvalue weighted by Gasteiger charge is 2.27. The van der Waals surface area contributed by atoms with Gasteiger partial charge in [-0.15, -0.1) is 0 Å². The van der Waals surface area contributed by atoms with Crippen LogP contribution in [0.25, 0.3) is 5.76 Å². The number of aliphatic hydroxyl groups is 1. The van der Waals surface area contributed by atoms with Crippen LogP contribution in [0, 0.1) is 0 Å². The lowest BCUT2D eigenvalue weighted by Gasteiger charge is -1.96. The van der Waals surface area contributed by atoms with E-state index in [1.165, 1.54) is 6.21 Å². The maximum Gasteiger partial charge on any atom is 0.199 e. The monoisotopic (exact) mass is 264 g/mol. The molecule has 0 radical (unpaired) electrons. The molecule has 4 heteroatoms. The number of carbonyl (C=O) groups is 1. The van der Waals surface area contributed by atoms with E-state index in [0.29, 0.717) is 22.5 Å². The summed E-state index contributed by atoms with van der Waals surface area (Å²) in [6, 6.07) is 14.0. The third-order valence-corrected chi connectivity index (χ3v) is 3.14. The van der Waals surface area contributed by atoms with Crippen molar-refractivity contribution in [2.75, 3.05) is 5.73 Å². The average molecular weight is 264 g/mol. The fraction of sp³-hybridized carbons (Fsp3) is 0. The van der Waals surface area contributed by atoms with Gasteiger partial charge >= 0.3 is 0 Å². The van der Waals surface area contributed by atoms with Crippen LogP contribution in [-0.2, 0) is 0 Å². The van der Waals surface area contributed by atoms with Crippen LogP contribution in [0.4, 0.5) is 11.4 Å². The number of benzene rings is 2. The van der Waals surface area contributed by atoms with Crippen LogP contribution in [0.1, 0.15) is 15.9 Å². The van der Waals surface area contributed by atoms with E-state index in [-0.39, 0.29) is 17.1 Å². The van der Waals surface area contributed by atoms with Crippen LogP contribution < -0.4 is 5.73 Å². The number of aliphatic imine (C=N–C) groups is 1. The summed E-state index contributed by atoms with van der Waals surface area (Å²) in [5, 5.41) is 10.1. The number of nitrogens with zero attached hydrogens (tertiary/aromatic N) is 1. The second-order valence-electron chi connectivity index (χ2n) is 4.49. The normalized spacial score (nSPS) is 14.1. The van der Waals surface area contributed by atoms with Gasteiger partial charge in [-0.3, -0.25) is 9.79 Å². The van der Waals surface area contributed by atoms with Crippen molar-refractivity contribution in [2.45, 2.75) is 0 Å². The van der Waals surface area contributed by atoms with Gasteiger partial charge in [0.25, 0.3) is 0 Å². The summed E-state index contributed by atoms with van der Waals surface area (Å²) in [5.74, 6) is -0.246. The molecule has 98 valence electrons. The summed E-state index contributed by atoms with van der Waals surface area (Å²) in [6.45, 7) is 0. The molecule has 1 aliphatic rings. The first-order valence-corrected chi connectivity index (χ1v) is 6.14. The van der Waals surface area contributed by atoms with Gasteiger partial charge < -0.3 is 10.8 Å². The SMILES string of the molecule is Nc1cccc(N=CC2=C(O)c3ccccc3C2=O)c1. The number of hydrogen-bond acceptors (Lipinski definition) is 4. The van der Waals surface area contributed by atoms with Gasteiger partial charge in [0.15, 0.2) is 5.78 Å². The fourth-order valence-electron chi connectivity index (χ4n) is 2.15. The topological polar surface area (TPSA) is 75.7 Å². The standard InChI is InChI=1S/C16H12N2O2/c17-10-4-3-5-11(8-10)18-9-14-15(19)12-6-1-2-7-13(12)16(14)20/h1-9,19H,17H2. The maximum atomic E-state index is 12.2. The molecule has 0 bridgehead atoms. The first-order valence-electron chi connectivity index (χ1n) is 6.14. The average Bonchev–Trinajstić information content (AvgIpc) is 2.70. The Labute approximate surface area is 115 Å². The molecular weight excluding hydrogens is 252 g/mol. The second-order valence-corrected chi connectivity index (χ2v) is 4.49. The van der Waals surface area contributed by atoms with Crippen molar-refractivity contribution < 1.29 is 9.90 Å². The number of nitrogen functional groups attached to an aromatic ring is 1. The maximum absolute atomic E-state index is 12.2. The minimum atomic E-state index is -0.217. The van der Waals surface area contributed by atoms with E-state index < -0.39 is 0 Å². The first kappa shape index (κ1) is 12.2. The van der Waals surface area contributed by atoms with Gasteiger partial charge in [0.05, 0.1) is 11.3 Å². The number of hydrogen-bond donors (Lipinski definition) is 2. The lowest BCUT2D eigenvalue weighted by Crippen LogP contribution is -1.99. The van der Waals surface area contributed by atoms with Crippen LogP contribution >= 0.6 is 0 Å². The Hall–Kier alpha value is -2.88. The first-order chi connectivity index (χ1) is 9.66. The van der Waals surface area contributed by atoms with Gasteiger partial charge in [0.1, 0.15) is 5.76 Å². The molecule has 0 atom stereocenters. The van der Waals surface area contributed by atoms with Crippen molar-refractivity contribution in [3.63, 3.8) is 0 Å². The highest BCUT2D eigenvalue weighted by Crippen LogP contribution is 2.30. The van der Waals surface area contributed by atoms with Crippen molar-refractivity contribution in [3.8, 4) is 0 Å². The van der Waals surface area contributed by atoms with Crippen molar-refractivity contribution in [1.29, 1.82) is 0 Å². The molecular formula is C16H12N2O2. The van der Waals surface area contributed by atoms with Crippen LogP contribution in [0.5, 0.6) is 0 Å². The van der Waals surface area contributed by atoms with Gasteiger partial charge in [0, 0.05) is 23.0 Å². The van der Waals surface area contributed by atoms with Crippen molar-refractivity contribution in [1.82, 2.24) is 0 Å². The Morgan fingerprint density at radius 3 is 2.50 bits per heavy atom. The predicted octanol–water partition coefficient (Wildman–Crippen LogP) is 3.14. The molecule has 3 rings (SSSR count). The number of allylic oxidation sites excluding steroid dienone is 1. The molecule has 2 aromatic carbocycles. The Morgan fingerprint density at radius 2 is 1.80 bits per heavy atom. The van der Waals surface area contributed by atoms with Crippen LogP contribution in [0.15, 0.2) is 59.1 Å². The van der Waals surface area contributed by atoms with Crippen molar-refractivity contribution >= 4 is 29.1 Å². The molecule has 2 aromatic rings. The van der Waals surface area contributed by atoms with Gasteiger partial charge in [-0.2, -0.15) is 0 Å². The van der Waals surface area contributed by atoms with Crippen molar-refractivity contribution in [2.24, 2.45) is 4.99 Å². The molecule has 0 saturated heterocycles. The molecule has 0 heterocycles. The molecule has 0 saturated carbocycles. The zero-order chi connectivity index (χ0) is 14.1. The summed E-state index contributed by atoms with van der Waals surface area (Å²) in [4.78, 5) is 16.4. The van der Waals surface area contributed by atoms with Gasteiger partial charge in [-0.05, 0) is 18.2 Å². The lowest BCUT2D eigenvalue weighted by molar-refractivity contribution is 0.104. The van der Waals surface area contributed by atoms with E-state index >= 15 is 0 Å². The highest BCUT2D eigenvalue weighted by molar-refractivity contribution is 6.30. The van der Waals surface area contributed by atoms with E-state index in [1.54, 1.807) is 48.5 Å². The summed E-state index contributed by atoms with van der Waals surface area (Å²) >= 11 is 0. The molecule has 1 aliphatic carbocycles. The van der Waals surface area contributed by atoms with Gasteiger partial charge in [0.2, 0.25) is 0 Å². The number of fused-ring (bicyclic) bond motifs is 1. The molecule has 0 fully saturated rings. The number of anilines is 1. The molecule has 20 heavy (non-hydrogen) atoms. The molecule has 0 aromatic heterocycles. The largest absolute Gasteiger partial charge is 0.506 e. The summed E-state index contributed by atoms with van der Waals surface area (Å²) in [6.07, 6.45) is 1.38. The summed E-state index contributed by atoms with van der Waals surface area (Å²) in [7, 11) is 0. The second kappa shape index (κ2) is 4.66. The lowest BCUT2D eigenvalue weighted by atomic mass is 10.1. The summed E-state index contributed by atoms with van der Waals surface area (Å²) < 4.78 is 0. The van der Waals surface area contributed by atoms with Gasteiger partial charge in [-0.25, -0.2) is 0 Å². The third kappa shape index (κ3) is 1.97. The third-order valence-electron chi connectivity index (χ3n) is 3.14. The quantitative estimate of drug-likeness (QED) is 0.646. The minimum absolute atomic E-state index is 0.0294. The molecule has 3 N–H and O–H groups in total. The Bertz CT molecular complexity index is 761. The number of aliphatic hydroxyl groups excluding tert-OH is 1. The van der Waals surface area contributed by atoms with Crippen LogP contribution in [-0.4, -0.2) is 17.1 Å². The molecule has 0 unspecified atom stereocenters. The molecule has 0 aliphatic heterocycles. The number of nitrogens with two attached hydrogens (primary N) is 1. The smallest absolute Gasteiger partial charge is 0.199 e. The minimum Gasteiger partial charge on any atom is -0.506 e. The predicted molar refractivity (Wildman–Crippen MR) is 79.3 cm³/mol. The Kier molecular flexibility index (Phi) is 2.84. The Morgan fingerprint density at radius 1 is 1.05 bits per heavy atom. The Balaban J connectivity index is 1.97. The number of ketones is 1. The number of Topliss-reactive ketones (excluding diaryl/α,β-unsaturated/α-hetero) is 1. The molecule has 0 spiro atoms. The zero-order valence-corrected chi connectivity index (χ0v) is 10.6. The van der Waals surface area contributed by atoms with E-state index in [0.717, 1.165) is 0 Å². The van der Waals surface area contributed by atoms with E-state index in [4.69, 9.17) is 5.73 Å². The van der Waals surface area contributed by atoms with Crippen LogP contribution in [0.2, 0.25) is 0 Å². The number of rotatable bonds is 2. The van der Waals surface area contributed by atoms with Crippen LogP contribution in [0.3, 0.4) is 0 Å². The highest BCUT2D eigenvalue weighted by atomic mass is 16.3. The van der Waals surface area contributed by atoms with E-state index in [9.17, 15) is 9.90 Å². The van der Waals surface area contributed by atoms with Gasteiger partial charge in [-0.1, -0.05) is 30.3 Å². The van der Waals surface area contributed by atoms with Crippen molar-refractivity contribution in [3.05, 3.63) is 65.2 Å².